The molecule has 8 nitrogen and oxygen atoms in total. The molecule has 0 bridgehead atoms. The predicted molar refractivity (Wildman–Crippen MR) is 143 cm³/mol. The van der Waals surface area contributed by atoms with E-state index < -0.39 is 0 Å². The second kappa shape index (κ2) is 11.1. The lowest BCUT2D eigenvalue weighted by molar-refractivity contribution is -0.123. The van der Waals surface area contributed by atoms with E-state index >= 15 is 0 Å². The van der Waals surface area contributed by atoms with Gasteiger partial charge in [0.15, 0.2) is 0 Å². The lowest BCUT2D eigenvalue weighted by Crippen LogP contribution is -2.43. The van der Waals surface area contributed by atoms with Crippen LogP contribution in [0.1, 0.15) is 30.2 Å². The maximum atomic E-state index is 13.4. The van der Waals surface area contributed by atoms with E-state index in [2.05, 4.69) is 5.32 Å². The van der Waals surface area contributed by atoms with Crippen LogP contribution in [0.15, 0.2) is 48.5 Å². The molecule has 1 atom stereocenters. The summed E-state index contributed by atoms with van der Waals surface area (Å²) in [7, 11) is 5.07. The Morgan fingerprint density at radius 3 is 2.58 bits per heavy atom. The number of ether oxygens (including phenoxy) is 2. The second-order valence-electron chi connectivity index (χ2n) is 9.05. The van der Waals surface area contributed by atoms with Gasteiger partial charge in [-0.1, -0.05) is 44.2 Å². The molecule has 0 fully saturated rings. The van der Waals surface area contributed by atoms with Crippen molar-refractivity contribution < 1.29 is 19.1 Å². The molecule has 36 heavy (non-hydrogen) atoms. The summed E-state index contributed by atoms with van der Waals surface area (Å²) in [6.45, 7) is 4.54. The quantitative estimate of drug-likeness (QED) is 0.494. The number of benzene rings is 2. The average Bonchev–Trinajstić information content (AvgIpc) is 3.15. The number of hydrogen-bond acceptors (Lipinski definition) is 6. The van der Waals surface area contributed by atoms with Crippen LogP contribution in [-0.4, -0.2) is 54.7 Å². The molecule has 9 heteroatoms. The number of aromatic nitrogens is 2. The summed E-state index contributed by atoms with van der Waals surface area (Å²) in [6.07, 6.45) is 0. The van der Waals surface area contributed by atoms with Gasteiger partial charge in [0.25, 0.3) is 0 Å². The zero-order valence-corrected chi connectivity index (χ0v) is 22.1. The fourth-order valence-electron chi connectivity index (χ4n) is 4.31. The molecule has 3 aromatic rings. The molecule has 1 aliphatic rings. The molecule has 0 radical (unpaired) electrons. The highest BCUT2D eigenvalue weighted by Crippen LogP contribution is 2.50. The van der Waals surface area contributed by atoms with Crippen LogP contribution in [-0.2, 0) is 16.6 Å². The Labute approximate surface area is 216 Å². The van der Waals surface area contributed by atoms with Gasteiger partial charge in [0, 0.05) is 30.3 Å². The number of rotatable bonds is 8. The number of amides is 2. The smallest absolute Gasteiger partial charge is 0.240 e. The minimum absolute atomic E-state index is 0.0746. The summed E-state index contributed by atoms with van der Waals surface area (Å²) in [5.41, 5.74) is 3.44. The van der Waals surface area contributed by atoms with Gasteiger partial charge in [-0.05, 0) is 24.1 Å². The molecule has 2 aromatic carbocycles. The van der Waals surface area contributed by atoms with E-state index in [0.717, 1.165) is 22.4 Å². The third kappa shape index (κ3) is 5.21. The van der Waals surface area contributed by atoms with E-state index in [-0.39, 0.29) is 29.4 Å². The lowest BCUT2D eigenvalue weighted by Gasteiger charge is -2.23. The monoisotopic (exact) mass is 508 g/mol. The molecule has 0 saturated carbocycles. The van der Waals surface area contributed by atoms with Crippen molar-refractivity contribution in [3.63, 3.8) is 0 Å². The minimum atomic E-state index is -0.276. The highest BCUT2D eigenvalue weighted by molar-refractivity contribution is 8.00. The summed E-state index contributed by atoms with van der Waals surface area (Å²) in [5, 5.41) is 7.50. The fraction of sp³-hybridized carbons (Fsp3) is 0.370. The number of carbonyl (C=O) groups excluding carboxylic acids is 2. The average molecular weight is 509 g/mol. The summed E-state index contributed by atoms with van der Waals surface area (Å²) in [6, 6.07) is 15.5. The van der Waals surface area contributed by atoms with Crippen molar-refractivity contribution in [1.29, 1.82) is 0 Å². The Balaban J connectivity index is 1.90. The number of carbonyl (C=O) groups is 2. The van der Waals surface area contributed by atoms with Gasteiger partial charge in [0.2, 0.25) is 11.8 Å². The predicted octanol–water partition coefficient (Wildman–Crippen LogP) is 4.05. The fourth-order valence-corrected chi connectivity index (χ4v) is 5.52. The first-order chi connectivity index (χ1) is 17.3. The number of nitrogens with zero attached hydrogens (tertiary/aromatic N) is 3. The van der Waals surface area contributed by atoms with Gasteiger partial charge < -0.3 is 14.8 Å². The van der Waals surface area contributed by atoms with Gasteiger partial charge in [-0.25, -0.2) is 0 Å². The van der Waals surface area contributed by atoms with Gasteiger partial charge in [-0.2, -0.15) is 5.10 Å². The van der Waals surface area contributed by atoms with Crippen molar-refractivity contribution in [2.75, 3.05) is 38.0 Å². The first-order valence-corrected chi connectivity index (χ1v) is 12.9. The van der Waals surface area contributed by atoms with Crippen molar-refractivity contribution in [3.05, 3.63) is 59.7 Å². The van der Waals surface area contributed by atoms with Crippen LogP contribution in [0.25, 0.3) is 11.3 Å². The number of anilines is 1. The number of nitrogens with one attached hydrogen (secondary N) is 1. The standard InChI is InChI=1S/C27H32N4O4S/c1-17(2)14-28-22(32)15-31-23(33)16-36-26(20-13-19(34-4)11-12-21(20)35-5)24-25(29-30(3)27(24)31)18-9-7-6-8-10-18/h6-13,17,26H,14-16H2,1-5H3,(H,28,32)/t26-/m1/s1. The van der Waals surface area contributed by atoms with Crippen molar-refractivity contribution in [2.45, 2.75) is 19.1 Å². The van der Waals surface area contributed by atoms with Crippen LogP contribution < -0.4 is 19.7 Å². The third-order valence-electron chi connectivity index (χ3n) is 6.02. The molecule has 1 N–H and O–H groups in total. The summed E-state index contributed by atoms with van der Waals surface area (Å²) in [4.78, 5) is 27.8. The van der Waals surface area contributed by atoms with Crippen LogP contribution in [0.5, 0.6) is 11.5 Å². The molecule has 190 valence electrons. The van der Waals surface area contributed by atoms with Gasteiger partial charge in [-0.3, -0.25) is 19.2 Å². The lowest BCUT2D eigenvalue weighted by atomic mass is 9.98. The second-order valence-corrected chi connectivity index (χ2v) is 10.1. The Bertz CT molecular complexity index is 1240. The Morgan fingerprint density at radius 1 is 1.17 bits per heavy atom. The first kappa shape index (κ1) is 25.6. The summed E-state index contributed by atoms with van der Waals surface area (Å²) < 4.78 is 12.9. The number of thioether (sulfide) groups is 1. The van der Waals surface area contributed by atoms with E-state index in [1.807, 2.05) is 69.4 Å². The van der Waals surface area contributed by atoms with Crippen LogP contribution in [0.2, 0.25) is 0 Å². The van der Waals surface area contributed by atoms with Crippen LogP contribution in [0.3, 0.4) is 0 Å². The van der Waals surface area contributed by atoms with E-state index in [1.165, 1.54) is 11.8 Å². The Kier molecular flexibility index (Phi) is 7.88. The van der Waals surface area contributed by atoms with Gasteiger partial charge >= 0.3 is 0 Å². The number of methoxy groups -OCH3 is 2. The number of fused-ring (bicyclic) bond motifs is 1. The molecule has 0 saturated heterocycles. The largest absolute Gasteiger partial charge is 0.497 e. The maximum absolute atomic E-state index is 13.4. The Hall–Kier alpha value is -3.46. The molecular weight excluding hydrogens is 476 g/mol. The molecule has 2 amide bonds. The molecule has 1 aliphatic heterocycles. The number of hydrogen-bond donors (Lipinski definition) is 1. The first-order valence-electron chi connectivity index (χ1n) is 11.9. The zero-order valence-electron chi connectivity index (χ0n) is 21.3. The van der Waals surface area contributed by atoms with Crippen molar-refractivity contribution in [3.8, 4) is 22.8 Å². The topological polar surface area (TPSA) is 85.7 Å². The van der Waals surface area contributed by atoms with E-state index in [4.69, 9.17) is 14.6 Å². The summed E-state index contributed by atoms with van der Waals surface area (Å²) >= 11 is 1.50. The molecule has 2 heterocycles. The van der Waals surface area contributed by atoms with Crippen molar-refractivity contribution in [1.82, 2.24) is 15.1 Å². The van der Waals surface area contributed by atoms with Crippen LogP contribution in [0, 0.1) is 5.92 Å². The van der Waals surface area contributed by atoms with Gasteiger partial charge in [-0.15, -0.1) is 11.8 Å². The molecular formula is C27H32N4O4S. The van der Waals surface area contributed by atoms with E-state index in [1.54, 1.807) is 23.8 Å². The zero-order chi connectivity index (χ0) is 25.8. The number of aryl methyl sites for hydroxylation is 1. The Morgan fingerprint density at radius 2 is 1.92 bits per heavy atom. The maximum Gasteiger partial charge on any atom is 0.240 e. The van der Waals surface area contributed by atoms with Crippen molar-refractivity contribution in [2.24, 2.45) is 13.0 Å². The highest BCUT2D eigenvalue weighted by atomic mass is 32.2. The van der Waals surface area contributed by atoms with Crippen LogP contribution in [0.4, 0.5) is 5.82 Å². The SMILES string of the molecule is COc1ccc(OC)c([C@H]2SCC(=O)N(CC(=O)NCC(C)C)c3c2c(-c2ccccc2)nn3C)c1. The third-order valence-corrected chi connectivity index (χ3v) is 7.26. The van der Waals surface area contributed by atoms with E-state index in [9.17, 15) is 9.59 Å². The summed E-state index contributed by atoms with van der Waals surface area (Å²) in [5.74, 6) is 2.16. The molecule has 0 aliphatic carbocycles. The molecule has 0 unspecified atom stereocenters. The van der Waals surface area contributed by atoms with Gasteiger partial charge in [0.1, 0.15) is 23.9 Å². The van der Waals surface area contributed by atoms with Crippen molar-refractivity contribution >= 4 is 29.4 Å². The van der Waals surface area contributed by atoms with Gasteiger partial charge in [0.05, 0.1) is 30.9 Å². The van der Waals surface area contributed by atoms with E-state index in [0.29, 0.717) is 29.8 Å². The minimum Gasteiger partial charge on any atom is -0.497 e. The normalized spacial score (nSPS) is 15.4. The molecule has 1 aromatic heterocycles. The highest BCUT2D eigenvalue weighted by Gasteiger charge is 2.37. The van der Waals surface area contributed by atoms with Crippen LogP contribution >= 0.6 is 11.8 Å². The molecule has 0 spiro atoms. The molecule has 4 rings (SSSR count).